The Morgan fingerprint density at radius 3 is 2.38 bits per heavy atom. The highest BCUT2D eigenvalue weighted by molar-refractivity contribution is 5.99. The summed E-state index contributed by atoms with van der Waals surface area (Å²) >= 11 is 0. The summed E-state index contributed by atoms with van der Waals surface area (Å²) in [5.74, 6) is -0.0225. The Morgan fingerprint density at radius 2 is 1.69 bits per heavy atom. The van der Waals surface area contributed by atoms with Crippen LogP contribution < -0.4 is 5.43 Å². The first-order valence-corrected chi connectivity index (χ1v) is 9.96. The summed E-state index contributed by atoms with van der Waals surface area (Å²) in [4.78, 5) is 30.6. The van der Waals surface area contributed by atoms with E-state index in [1.165, 1.54) is 0 Å². The van der Waals surface area contributed by atoms with Gasteiger partial charge in [0.25, 0.3) is 5.91 Å². The molecule has 2 aromatic carbocycles. The molecule has 4 rings (SSSR count). The van der Waals surface area contributed by atoms with Crippen LogP contribution in [0.5, 0.6) is 0 Å². The van der Waals surface area contributed by atoms with E-state index in [1.807, 2.05) is 64.3 Å². The zero-order valence-electron chi connectivity index (χ0n) is 17.4. The highest BCUT2D eigenvalue weighted by Crippen LogP contribution is 2.38. The van der Waals surface area contributed by atoms with E-state index in [1.54, 1.807) is 11.0 Å². The van der Waals surface area contributed by atoms with Gasteiger partial charge in [-0.2, -0.15) is 0 Å². The molecule has 5 heteroatoms. The molecule has 0 unspecified atom stereocenters. The van der Waals surface area contributed by atoms with Crippen LogP contribution >= 0.6 is 0 Å². The molecule has 0 N–H and O–H groups in total. The van der Waals surface area contributed by atoms with Crippen LogP contribution in [0.25, 0.3) is 11.0 Å². The van der Waals surface area contributed by atoms with Crippen LogP contribution in [0.3, 0.4) is 0 Å². The first-order chi connectivity index (χ1) is 13.9. The fraction of sp³-hybridized carbons (Fsp3) is 0.333. The third-order valence-corrected chi connectivity index (χ3v) is 5.52. The van der Waals surface area contributed by atoms with Gasteiger partial charge in [-0.25, -0.2) is 0 Å². The monoisotopic (exact) mass is 390 g/mol. The molecule has 1 aromatic heterocycles. The van der Waals surface area contributed by atoms with Gasteiger partial charge in [-0.15, -0.1) is 0 Å². The number of nitrogens with zero attached hydrogens (tertiary/aromatic N) is 2. The average Bonchev–Trinajstić information content (AvgIpc) is 2.95. The predicted octanol–water partition coefficient (Wildman–Crippen LogP) is 3.91. The molecule has 0 bridgehead atoms. The Morgan fingerprint density at radius 1 is 1.00 bits per heavy atom. The quantitative estimate of drug-likeness (QED) is 0.663. The van der Waals surface area contributed by atoms with Crippen LogP contribution in [0.4, 0.5) is 0 Å². The number of carbonyl (C=O) groups is 1. The minimum Gasteiger partial charge on any atom is -0.450 e. The van der Waals surface area contributed by atoms with Crippen molar-refractivity contribution in [3.8, 4) is 0 Å². The minimum absolute atomic E-state index is 0.112. The second kappa shape index (κ2) is 7.48. The maximum absolute atomic E-state index is 13.4. The summed E-state index contributed by atoms with van der Waals surface area (Å²) in [6.07, 6.45) is 0.821. The summed E-state index contributed by atoms with van der Waals surface area (Å²) in [7, 11) is 4.02. The maximum Gasteiger partial charge on any atom is 0.290 e. The van der Waals surface area contributed by atoms with Crippen LogP contribution in [-0.4, -0.2) is 42.9 Å². The van der Waals surface area contributed by atoms with Crippen molar-refractivity contribution in [1.82, 2.24) is 9.80 Å². The predicted molar refractivity (Wildman–Crippen MR) is 114 cm³/mol. The lowest BCUT2D eigenvalue weighted by molar-refractivity contribution is 0.0722. The first-order valence-electron chi connectivity index (χ1n) is 9.96. The van der Waals surface area contributed by atoms with E-state index in [0.29, 0.717) is 23.1 Å². The van der Waals surface area contributed by atoms with E-state index in [-0.39, 0.29) is 17.1 Å². The molecule has 1 atom stereocenters. The number of rotatable bonds is 5. The molecule has 1 aliphatic rings. The molecule has 0 saturated heterocycles. The first kappa shape index (κ1) is 19.4. The van der Waals surface area contributed by atoms with Crippen LogP contribution in [0, 0.1) is 13.8 Å². The summed E-state index contributed by atoms with van der Waals surface area (Å²) < 4.78 is 5.98. The Bertz CT molecular complexity index is 1130. The number of hydrogen-bond donors (Lipinski definition) is 0. The largest absolute Gasteiger partial charge is 0.450 e. The second-order valence-electron chi connectivity index (χ2n) is 8.14. The molecule has 2 heterocycles. The van der Waals surface area contributed by atoms with E-state index in [4.69, 9.17) is 4.42 Å². The molecular weight excluding hydrogens is 364 g/mol. The third-order valence-electron chi connectivity index (χ3n) is 5.52. The van der Waals surface area contributed by atoms with Crippen molar-refractivity contribution in [2.75, 3.05) is 27.2 Å². The summed E-state index contributed by atoms with van der Waals surface area (Å²) in [5.41, 5.74) is 3.88. The van der Waals surface area contributed by atoms with Gasteiger partial charge in [0, 0.05) is 6.54 Å². The van der Waals surface area contributed by atoms with Crippen molar-refractivity contribution in [2.45, 2.75) is 26.3 Å². The number of amides is 1. The summed E-state index contributed by atoms with van der Waals surface area (Å²) in [5, 5.41) is 0.531. The van der Waals surface area contributed by atoms with Gasteiger partial charge in [0.2, 0.25) is 5.76 Å². The third kappa shape index (κ3) is 3.47. The Balaban J connectivity index is 1.88. The molecule has 1 amide bonds. The number of hydrogen-bond acceptors (Lipinski definition) is 4. The zero-order chi connectivity index (χ0) is 20.7. The van der Waals surface area contributed by atoms with Crippen LogP contribution in [0.15, 0.2) is 51.7 Å². The van der Waals surface area contributed by atoms with Crippen LogP contribution in [0.2, 0.25) is 0 Å². The molecule has 0 fully saturated rings. The highest BCUT2D eigenvalue weighted by Gasteiger charge is 2.42. The van der Waals surface area contributed by atoms with Crippen molar-refractivity contribution in [1.29, 1.82) is 0 Å². The van der Waals surface area contributed by atoms with E-state index < -0.39 is 6.04 Å². The van der Waals surface area contributed by atoms with Crippen molar-refractivity contribution in [2.24, 2.45) is 0 Å². The second-order valence-corrected chi connectivity index (χ2v) is 8.14. The molecule has 0 spiro atoms. The summed E-state index contributed by atoms with van der Waals surface area (Å²) in [6, 6.07) is 13.1. The smallest absolute Gasteiger partial charge is 0.290 e. The van der Waals surface area contributed by atoms with Gasteiger partial charge < -0.3 is 14.2 Å². The van der Waals surface area contributed by atoms with Gasteiger partial charge in [0.15, 0.2) is 5.43 Å². The van der Waals surface area contributed by atoms with Crippen molar-refractivity contribution in [3.05, 3.63) is 80.7 Å². The van der Waals surface area contributed by atoms with Gasteiger partial charge in [-0.05, 0) is 58.6 Å². The molecule has 1 aliphatic heterocycles. The van der Waals surface area contributed by atoms with Crippen LogP contribution in [0.1, 0.15) is 45.3 Å². The SMILES string of the molecule is Cc1ccc([C@H]2c3c(oc4ccc(C)cc4c3=O)C(=O)N2CCCN(C)C)cc1. The lowest BCUT2D eigenvalue weighted by Gasteiger charge is -2.25. The standard InChI is InChI=1S/C24H26N2O3/c1-15-6-9-17(10-7-15)21-20-22(27)18-14-16(2)8-11-19(18)29-23(20)24(28)26(21)13-5-12-25(3)4/h6-11,14,21H,5,12-13H2,1-4H3/t21-/m0/s1. The topological polar surface area (TPSA) is 53.8 Å². The molecule has 0 aliphatic carbocycles. The molecular formula is C24H26N2O3. The van der Waals surface area contributed by atoms with Gasteiger partial charge in [0.1, 0.15) is 5.58 Å². The molecule has 0 saturated carbocycles. The van der Waals surface area contributed by atoms with Gasteiger partial charge >= 0.3 is 0 Å². The average molecular weight is 390 g/mol. The fourth-order valence-electron chi connectivity index (χ4n) is 4.02. The van der Waals surface area contributed by atoms with Crippen LogP contribution in [-0.2, 0) is 0 Å². The number of benzene rings is 2. The fourth-order valence-corrected chi connectivity index (χ4v) is 4.02. The van der Waals surface area contributed by atoms with E-state index >= 15 is 0 Å². The molecule has 5 nitrogen and oxygen atoms in total. The van der Waals surface area contributed by atoms with Crippen molar-refractivity contribution >= 4 is 16.9 Å². The van der Waals surface area contributed by atoms with Crippen molar-refractivity contribution < 1.29 is 9.21 Å². The molecule has 29 heavy (non-hydrogen) atoms. The Kier molecular flexibility index (Phi) is 5.01. The Labute approximate surface area is 170 Å². The molecule has 3 aromatic rings. The normalized spacial score (nSPS) is 16.1. The lowest BCUT2D eigenvalue weighted by Crippen LogP contribution is -2.32. The van der Waals surface area contributed by atoms with E-state index in [0.717, 1.165) is 29.7 Å². The lowest BCUT2D eigenvalue weighted by atomic mass is 9.97. The van der Waals surface area contributed by atoms with E-state index in [2.05, 4.69) is 4.90 Å². The minimum atomic E-state index is -0.415. The van der Waals surface area contributed by atoms with Crippen molar-refractivity contribution in [3.63, 3.8) is 0 Å². The summed E-state index contributed by atoms with van der Waals surface area (Å²) in [6.45, 7) is 5.40. The van der Waals surface area contributed by atoms with Gasteiger partial charge in [0.05, 0.1) is 17.0 Å². The Hall–Kier alpha value is -2.92. The number of fused-ring (bicyclic) bond motifs is 2. The zero-order valence-corrected chi connectivity index (χ0v) is 17.4. The number of aryl methyl sites for hydroxylation is 2. The molecule has 0 radical (unpaired) electrons. The van der Waals surface area contributed by atoms with Gasteiger partial charge in [-0.3, -0.25) is 9.59 Å². The number of carbonyl (C=O) groups excluding carboxylic acids is 1. The highest BCUT2D eigenvalue weighted by atomic mass is 16.3. The van der Waals surface area contributed by atoms with Gasteiger partial charge in [-0.1, -0.05) is 41.5 Å². The van der Waals surface area contributed by atoms with E-state index in [9.17, 15) is 9.59 Å². The molecule has 150 valence electrons. The maximum atomic E-state index is 13.4.